The number of nitrogens with zero attached hydrogens (tertiary/aromatic N) is 1. The van der Waals surface area contributed by atoms with Crippen LogP contribution >= 0.6 is 0 Å². The lowest BCUT2D eigenvalue weighted by Gasteiger charge is -2.04. The molecule has 1 saturated carbocycles. The minimum Gasteiger partial charge on any atom is -0.481 e. The number of aryl methyl sites for hydroxylation is 1. The zero-order valence-electron chi connectivity index (χ0n) is 10.8. The summed E-state index contributed by atoms with van der Waals surface area (Å²) in [6, 6.07) is 1.92. The zero-order valence-corrected chi connectivity index (χ0v) is 10.8. The molecule has 5 nitrogen and oxygen atoms in total. The van der Waals surface area contributed by atoms with E-state index in [1.165, 1.54) is 0 Å². The van der Waals surface area contributed by atoms with E-state index in [-0.39, 0.29) is 5.91 Å². The predicted molar refractivity (Wildman–Crippen MR) is 65.7 cm³/mol. The van der Waals surface area contributed by atoms with Gasteiger partial charge in [0.15, 0.2) is 0 Å². The van der Waals surface area contributed by atoms with Crippen molar-refractivity contribution >= 4 is 11.9 Å². The highest BCUT2D eigenvalue weighted by Crippen LogP contribution is 2.58. The quantitative estimate of drug-likeness (QED) is 0.837. The maximum atomic E-state index is 11.9. The van der Waals surface area contributed by atoms with Crippen molar-refractivity contribution in [1.82, 2.24) is 9.88 Å². The lowest BCUT2D eigenvalue weighted by molar-refractivity contribution is -0.140. The molecule has 0 unspecified atom stereocenters. The minimum absolute atomic E-state index is 0.170. The standard InChI is InChI=1S/C13H18N2O3/c1-13(2)9(10(13)12(17)18)11(16)14-6-8-4-5-15(3)7-8/h4-5,7,9-10H,6H2,1-3H3,(H,14,16)(H,17,18)/t9-,10+/m1/s1. The van der Waals surface area contributed by atoms with E-state index < -0.39 is 23.2 Å². The first-order valence-electron chi connectivity index (χ1n) is 5.95. The summed E-state index contributed by atoms with van der Waals surface area (Å²) in [5.74, 6) is -2.04. The molecule has 98 valence electrons. The van der Waals surface area contributed by atoms with Gasteiger partial charge in [-0.05, 0) is 17.0 Å². The summed E-state index contributed by atoms with van der Waals surface area (Å²) in [5, 5.41) is 11.8. The van der Waals surface area contributed by atoms with Gasteiger partial charge < -0.3 is 15.0 Å². The Morgan fingerprint density at radius 2 is 2.11 bits per heavy atom. The van der Waals surface area contributed by atoms with E-state index in [0.717, 1.165) is 5.56 Å². The zero-order chi connectivity index (χ0) is 13.5. The second kappa shape index (κ2) is 4.15. The largest absolute Gasteiger partial charge is 0.481 e. The van der Waals surface area contributed by atoms with Gasteiger partial charge >= 0.3 is 5.97 Å². The van der Waals surface area contributed by atoms with Crippen LogP contribution in [-0.4, -0.2) is 21.6 Å². The molecule has 0 spiro atoms. The maximum absolute atomic E-state index is 11.9. The second-order valence-electron chi connectivity index (χ2n) is 5.52. The summed E-state index contributed by atoms with van der Waals surface area (Å²) in [6.45, 7) is 4.08. The van der Waals surface area contributed by atoms with Crippen molar-refractivity contribution in [2.75, 3.05) is 0 Å². The van der Waals surface area contributed by atoms with Crippen molar-refractivity contribution in [2.45, 2.75) is 20.4 Å². The molecule has 0 aliphatic heterocycles. The van der Waals surface area contributed by atoms with E-state index in [2.05, 4.69) is 5.32 Å². The first-order valence-corrected chi connectivity index (χ1v) is 5.95. The number of aromatic nitrogens is 1. The van der Waals surface area contributed by atoms with Crippen molar-refractivity contribution in [3.05, 3.63) is 24.0 Å². The predicted octanol–water partition coefficient (Wildman–Crippen LogP) is 0.998. The van der Waals surface area contributed by atoms with Gasteiger partial charge in [-0.15, -0.1) is 0 Å². The van der Waals surface area contributed by atoms with Crippen LogP contribution in [0.5, 0.6) is 0 Å². The van der Waals surface area contributed by atoms with E-state index in [9.17, 15) is 9.59 Å². The molecular formula is C13H18N2O3. The highest BCUT2D eigenvalue weighted by Gasteiger charge is 2.65. The average Bonchev–Trinajstić information content (AvgIpc) is 2.63. The molecule has 1 amide bonds. The maximum Gasteiger partial charge on any atom is 0.307 e. The van der Waals surface area contributed by atoms with Crippen LogP contribution in [0.3, 0.4) is 0 Å². The van der Waals surface area contributed by atoms with E-state index >= 15 is 0 Å². The van der Waals surface area contributed by atoms with E-state index in [0.29, 0.717) is 6.54 Å². The fourth-order valence-corrected chi connectivity index (χ4v) is 2.55. The molecular weight excluding hydrogens is 232 g/mol. The molecule has 2 atom stereocenters. The first-order chi connectivity index (χ1) is 8.34. The third-order valence-corrected chi connectivity index (χ3v) is 3.74. The van der Waals surface area contributed by atoms with E-state index in [4.69, 9.17) is 5.11 Å². The molecule has 1 aromatic rings. The number of carbonyl (C=O) groups excluding carboxylic acids is 1. The van der Waals surface area contributed by atoms with Gasteiger partial charge in [0.25, 0.3) is 0 Å². The third kappa shape index (κ3) is 2.12. The van der Waals surface area contributed by atoms with Crippen molar-refractivity contribution in [3.63, 3.8) is 0 Å². The Hall–Kier alpha value is -1.78. The Labute approximate surface area is 106 Å². The summed E-state index contributed by atoms with van der Waals surface area (Å²) in [5.41, 5.74) is 0.572. The van der Waals surface area contributed by atoms with Gasteiger partial charge in [0.05, 0.1) is 11.8 Å². The first kappa shape index (κ1) is 12.7. The Bertz CT molecular complexity index is 490. The normalized spacial score (nSPS) is 24.6. The molecule has 0 saturated heterocycles. The molecule has 18 heavy (non-hydrogen) atoms. The molecule has 1 heterocycles. The summed E-state index contributed by atoms with van der Waals surface area (Å²) >= 11 is 0. The second-order valence-corrected chi connectivity index (χ2v) is 5.52. The number of carbonyl (C=O) groups is 2. The average molecular weight is 250 g/mol. The highest BCUT2D eigenvalue weighted by atomic mass is 16.4. The molecule has 2 rings (SSSR count). The van der Waals surface area contributed by atoms with Crippen LogP contribution in [-0.2, 0) is 23.2 Å². The van der Waals surface area contributed by atoms with Crippen molar-refractivity contribution < 1.29 is 14.7 Å². The van der Waals surface area contributed by atoms with Gasteiger partial charge in [-0.1, -0.05) is 13.8 Å². The SMILES string of the molecule is Cn1ccc(CNC(=O)[C@H]2[C@@H](C(=O)O)C2(C)C)c1. The number of amides is 1. The molecule has 1 fully saturated rings. The highest BCUT2D eigenvalue weighted by molar-refractivity contribution is 5.91. The number of nitrogens with one attached hydrogen (secondary N) is 1. The van der Waals surface area contributed by atoms with Gasteiger partial charge in [0.1, 0.15) is 0 Å². The number of hydrogen-bond donors (Lipinski definition) is 2. The Morgan fingerprint density at radius 3 is 2.56 bits per heavy atom. The Kier molecular flexibility index (Phi) is 2.92. The molecule has 1 aromatic heterocycles. The lowest BCUT2D eigenvalue weighted by Crippen LogP contribution is -2.26. The summed E-state index contributed by atoms with van der Waals surface area (Å²) < 4.78 is 1.91. The molecule has 5 heteroatoms. The number of rotatable bonds is 4. The molecule has 0 aromatic carbocycles. The Balaban J connectivity index is 1.92. The van der Waals surface area contributed by atoms with Gasteiger partial charge in [0.2, 0.25) is 5.91 Å². The number of carboxylic acid groups (broad SMARTS) is 1. The number of carboxylic acids is 1. The van der Waals surface area contributed by atoms with Crippen LogP contribution in [0.1, 0.15) is 19.4 Å². The van der Waals surface area contributed by atoms with Crippen molar-refractivity contribution in [1.29, 1.82) is 0 Å². The van der Waals surface area contributed by atoms with Crippen LogP contribution < -0.4 is 5.32 Å². The summed E-state index contributed by atoms with van der Waals surface area (Å²) in [6.07, 6.45) is 3.83. The van der Waals surface area contributed by atoms with Crippen LogP contribution in [0.2, 0.25) is 0 Å². The molecule has 1 aliphatic rings. The smallest absolute Gasteiger partial charge is 0.307 e. The van der Waals surface area contributed by atoms with Crippen molar-refractivity contribution in [2.24, 2.45) is 24.3 Å². The number of hydrogen-bond acceptors (Lipinski definition) is 2. The van der Waals surface area contributed by atoms with Gasteiger partial charge in [0, 0.05) is 26.0 Å². The van der Waals surface area contributed by atoms with Crippen LogP contribution in [0, 0.1) is 17.3 Å². The fraction of sp³-hybridized carbons (Fsp3) is 0.538. The van der Waals surface area contributed by atoms with Crippen LogP contribution in [0.25, 0.3) is 0 Å². The summed E-state index contributed by atoms with van der Waals surface area (Å²) in [4.78, 5) is 22.9. The minimum atomic E-state index is -0.889. The van der Waals surface area contributed by atoms with Gasteiger partial charge in [-0.3, -0.25) is 9.59 Å². The van der Waals surface area contributed by atoms with Gasteiger partial charge in [-0.2, -0.15) is 0 Å². The van der Waals surface area contributed by atoms with Gasteiger partial charge in [-0.25, -0.2) is 0 Å². The topological polar surface area (TPSA) is 71.3 Å². The summed E-state index contributed by atoms with van der Waals surface area (Å²) in [7, 11) is 1.91. The molecule has 2 N–H and O–H groups in total. The van der Waals surface area contributed by atoms with E-state index in [1.807, 2.05) is 43.9 Å². The number of aliphatic carboxylic acids is 1. The molecule has 0 radical (unpaired) electrons. The Morgan fingerprint density at radius 1 is 1.44 bits per heavy atom. The van der Waals surface area contributed by atoms with E-state index in [1.54, 1.807) is 0 Å². The third-order valence-electron chi connectivity index (χ3n) is 3.74. The fourth-order valence-electron chi connectivity index (χ4n) is 2.55. The lowest BCUT2D eigenvalue weighted by atomic mass is 10.1. The van der Waals surface area contributed by atoms with Crippen LogP contribution in [0.15, 0.2) is 18.5 Å². The van der Waals surface area contributed by atoms with Crippen LogP contribution in [0.4, 0.5) is 0 Å². The van der Waals surface area contributed by atoms with Crippen molar-refractivity contribution in [3.8, 4) is 0 Å². The molecule has 0 bridgehead atoms. The monoisotopic (exact) mass is 250 g/mol. The molecule has 1 aliphatic carbocycles.